The van der Waals surface area contributed by atoms with E-state index in [0.717, 1.165) is 29.9 Å². The van der Waals surface area contributed by atoms with E-state index in [0.29, 0.717) is 39.0 Å². The van der Waals surface area contributed by atoms with E-state index in [1.54, 1.807) is 4.90 Å². The zero-order valence-electron chi connectivity index (χ0n) is 18.7. The Morgan fingerprint density at radius 2 is 1.83 bits per heavy atom. The molecular formula is C24H36N2O4. The maximum Gasteiger partial charge on any atom is 0.245 e. The van der Waals surface area contributed by atoms with Crippen LogP contribution in [0.3, 0.4) is 0 Å². The van der Waals surface area contributed by atoms with Crippen molar-refractivity contribution in [3.8, 4) is 11.5 Å². The number of benzene rings is 1. The minimum absolute atomic E-state index is 0.00180. The predicted octanol–water partition coefficient (Wildman–Crippen LogP) is 3.86. The number of likely N-dealkylation sites (tertiary alicyclic amines) is 1. The first kappa shape index (κ1) is 22.4. The van der Waals surface area contributed by atoms with Crippen LogP contribution in [-0.2, 0) is 16.0 Å². The molecule has 0 radical (unpaired) electrons. The molecule has 1 aliphatic heterocycles. The topological polar surface area (TPSA) is 67.9 Å². The first-order chi connectivity index (χ1) is 14.5. The molecule has 1 aromatic rings. The van der Waals surface area contributed by atoms with Gasteiger partial charge in [0.1, 0.15) is 5.54 Å². The molecule has 1 saturated carbocycles. The lowest BCUT2D eigenvalue weighted by molar-refractivity contribution is -0.141. The molecule has 2 fully saturated rings. The Labute approximate surface area is 180 Å². The van der Waals surface area contributed by atoms with Crippen LogP contribution in [-0.4, -0.2) is 48.1 Å². The molecule has 1 aliphatic carbocycles. The van der Waals surface area contributed by atoms with Crippen molar-refractivity contribution in [1.29, 1.82) is 0 Å². The number of nitrogens with zero attached hydrogens (tertiary/aromatic N) is 1. The van der Waals surface area contributed by atoms with Crippen LogP contribution in [0, 0.1) is 0 Å². The van der Waals surface area contributed by atoms with Gasteiger partial charge in [0, 0.05) is 19.0 Å². The van der Waals surface area contributed by atoms with Gasteiger partial charge < -0.3 is 19.7 Å². The summed E-state index contributed by atoms with van der Waals surface area (Å²) in [5, 5.41) is 3.23. The van der Waals surface area contributed by atoms with Gasteiger partial charge in [-0.3, -0.25) is 9.59 Å². The summed E-state index contributed by atoms with van der Waals surface area (Å²) in [6, 6.07) is 6.16. The number of rotatable bonds is 9. The fourth-order valence-electron chi connectivity index (χ4n) is 4.58. The Balaban J connectivity index is 1.67. The third-order valence-electron chi connectivity index (χ3n) is 6.38. The Kier molecular flexibility index (Phi) is 7.62. The van der Waals surface area contributed by atoms with E-state index < -0.39 is 5.54 Å². The summed E-state index contributed by atoms with van der Waals surface area (Å²) in [5.74, 6) is 1.52. The summed E-state index contributed by atoms with van der Waals surface area (Å²) in [7, 11) is 0. The molecule has 1 heterocycles. The second-order valence-electron chi connectivity index (χ2n) is 8.52. The van der Waals surface area contributed by atoms with Gasteiger partial charge in [-0.05, 0) is 64.2 Å². The van der Waals surface area contributed by atoms with Crippen LogP contribution in [0.4, 0.5) is 0 Å². The first-order valence-electron chi connectivity index (χ1n) is 11.5. The van der Waals surface area contributed by atoms with Crippen molar-refractivity contribution < 1.29 is 19.1 Å². The standard InChI is InChI=1S/C24H36N2O4/c1-4-29-20-12-11-18(17-21(20)30-5-2)14-16-26-22(27)13-15-24(26,3)23(28)25-19-9-7-6-8-10-19/h11-12,17,19H,4-10,13-16H2,1-3H3,(H,25,28)/t24-/m1/s1. The minimum Gasteiger partial charge on any atom is -0.490 e. The first-order valence-corrected chi connectivity index (χ1v) is 11.5. The minimum atomic E-state index is -0.761. The highest BCUT2D eigenvalue weighted by atomic mass is 16.5. The molecule has 2 amide bonds. The molecule has 6 nitrogen and oxygen atoms in total. The lowest BCUT2D eigenvalue weighted by atomic mass is 9.92. The van der Waals surface area contributed by atoms with Crippen molar-refractivity contribution in [2.75, 3.05) is 19.8 Å². The molecule has 6 heteroatoms. The number of amides is 2. The number of hydrogen-bond donors (Lipinski definition) is 1. The summed E-state index contributed by atoms with van der Waals surface area (Å²) in [4.78, 5) is 27.5. The van der Waals surface area contributed by atoms with Crippen molar-refractivity contribution in [1.82, 2.24) is 10.2 Å². The maximum absolute atomic E-state index is 13.1. The number of ether oxygens (including phenoxy) is 2. The summed E-state index contributed by atoms with van der Waals surface area (Å²) in [6.07, 6.45) is 7.36. The Morgan fingerprint density at radius 1 is 1.13 bits per heavy atom. The molecule has 0 aromatic heterocycles. The van der Waals surface area contributed by atoms with E-state index in [1.165, 1.54) is 19.3 Å². The molecule has 1 saturated heterocycles. The van der Waals surface area contributed by atoms with Crippen molar-refractivity contribution in [2.45, 2.75) is 83.7 Å². The molecule has 30 heavy (non-hydrogen) atoms. The van der Waals surface area contributed by atoms with E-state index in [9.17, 15) is 9.59 Å². The molecule has 3 rings (SSSR count). The number of carbonyl (C=O) groups is 2. The van der Waals surface area contributed by atoms with Crippen LogP contribution in [0.1, 0.15) is 71.3 Å². The van der Waals surface area contributed by atoms with Gasteiger partial charge in [-0.15, -0.1) is 0 Å². The summed E-state index contributed by atoms with van der Waals surface area (Å²) in [6.45, 7) is 7.47. The van der Waals surface area contributed by atoms with Gasteiger partial charge >= 0.3 is 0 Å². The molecule has 1 aromatic carbocycles. The SMILES string of the molecule is CCOc1ccc(CCN2C(=O)CC[C@]2(C)C(=O)NC2CCCCC2)cc1OCC. The van der Waals surface area contributed by atoms with E-state index >= 15 is 0 Å². The Morgan fingerprint density at radius 3 is 2.53 bits per heavy atom. The van der Waals surface area contributed by atoms with Crippen LogP contribution in [0.5, 0.6) is 11.5 Å². The van der Waals surface area contributed by atoms with E-state index in [1.807, 2.05) is 39.0 Å². The van der Waals surface area contributed by atoms with Crippen LogP contribution >= 0.6 is 0 Å². The summed E-state index contributed by atoms with van der Waals surface area (Å²) < 4.78 is 11.4. The molecular weight excluding hydrogens is 380 g/mol. The van der Waals surface area contributed by atoms with Gasteiger partial charge in [-0.2, -0.15) is 0 Å². The smallest absolute Gasteiger partial charge is 0.245 e. The van der Waals surface area contributed by atoms with Crippen LogP contribution in [0.25, 0.3) is 0 Å². The van der Waals surface area contributed by atoms with Gasteiger partial charge in [0.2, 0.25) is 11.8 Å². The largest absolute Gasteiger partial charge is 0.490 e. The fraction of sp³-hybridized carbons (Fsp3) is 0.667. The number of nitrogens with one attached hydrogen (secondary N) is 1. The molecule has 166 valence electrons. The van der Waals surface area contributed by atoms with E-state index in [-0.39, 0.29) is 17.9 Å². The highest BCUT2D eigenvalue weighted by molar-refractivity contribution is 5.94. The van der Waals surface area contributed by atoms with Gasteiger partial charge in [-0.25, -0.2) is 0 Å². The lowest BCUT2D eigenvalue weighted by Crippen LogP contribution is -2.57. The van der Waals surface area contributed by atoms with Crippen LogP contribution < -0.4 is 14.8 Å². The molecule has 1 atom stereocenters. The van der Waals surface area contributed by atoms with E-state index in [4.69, 9.17) is 9.47 Å². The predicted molar refractivity (Wildman–Crippen MR) is 117 cm³/mol. The van der Waals surface area contributed by atoms with Crippen molar-refractivity contribution in [2.24, 2.45) is 0 Å². The van der Waals surface area contributed by atoms with E-state index in [2.05, 4.69) is 5.32 Å². The van der Waals surface area contributed by atoms with Gasteiger partial charge in [-0.1, -0.05) is 25.3 Å². The second-order valence-corrected chi connectivity index (χ2v) is 8.52. The Bertz CT molecular complexity index is 745. The summed E-state index contributed by atoms with van der Waals surface area (Å²) >= 11 is 0. The second kappa shape index (κ2) is 10.2. The highest BCUT2D eigenvalue weighted by Gasteiger charge is 2.47. The van der Waals surface area contributed by atoms with Gasteiger partial charge in [0.15, 0.2) is 11.5 Å². The maximum atomic E-state index is 13.1. The number of carbonyl (C=O) groups excluding carboxylic acids is 2. The lowest BCUT2D eigenvalue weighted by Gasteiger charge is -2.36. The van der Waals surface area contributed by atoms with Gasteiger partial charge in [0.25, 0.3) is 0 Å². The third-order valence-corrected chi connectivity index (χ3v) is 6.38. The molecule has 0 spiro atoms. The van der Waals surface area contributed by atoms with Gasteiger partial charge in [0.05, 0.1) is 13.2 Å². The average Bonchev–Trinajstić information content (AvgIpc) is 3.04. The normalized spacial score (nSPS) is 22.2. The monoisotopic (exact) mass is 416 g/mol. The summed E-state index contributed by atoms with van der Waals surface area (Å²) in [5.41, 5.74) is 0.305. The quantitative estimate of drug-likeness (QED) is 0.664. The molecule has 2 aliphatic rings. The van der Waals surface area contributed by atoms with Crippen LogP contribution in [0.15, 0.2) is 18.2 Å². The zero-order chi connectivity index (χ0) is 21.6. The van der Waals surface area contributed by atoms with Crippen molar-refractivity contribution in [3.05, 3.63) is 23.8 Å². The Hall–Kier alpha value is -2.24. The van der Waals surface area contributed by atoms with Crippen molar-refractivity contribution >= 4 is 11.8 Å². The molecule has 0 unspecified atom stereocenters. The highest BCUT2D eigenvalue weighted by Crippen LogP contribution is 2.33. The molecule has 0 bridgehead atoms. The number of hydrogen-bond acceptors (Lipinski definition) is 4. The zero-order valence-corrected chi connectivity index (χ0v) is 18.7. The average molecular weight is 417 g/mol. The van der Waals surface area contributed by atoms with Crippen molar-refractivity contribution in [3.63, 3.8) is 0 Å². The fourth-order valence-corrected chi connectivity index (χ4v) is 4.58. The molecule has 1 N–H and O–H groups in total. The third kappa shape index (κ3) is 5.08. The van der Waals surface area contributed by atoms with Crippen LogP contribution in [0.2, 0.25) is 0 Å².